The largest absolute Gasteiger partial charge is 0.384 e. The summed E-state index contributed by atoms with van der Waals surface area (Å²) < 4.78 is 5.34. The summed E-state index contributed by atoms with van der Waals surface area (Å²) in [4.78, 5) is 0. The molecule has 0 heterocycles. The van der Waals surface area contributed by atoms with Gasteiger partial charge in [-0.05, 0) is 48.3 Å². The summed E-state index contributed by atoms with van der Waals surface area (Å²) in [6.45, 7) is 8.45. The van der Waals surface area contributed by atoms with Gasteiger partial charge in [0, 0.05) is 13.7 Å². The minimum atomic E-state index is 0.565. The predicted octanol–water partition coefficient (Wildman–Crippen LogP) is 3.88. The van der Waals surface area contributed by atoms with E-state index in [0.717, 1.165) is 18.4 Å². The van der Waals surface area contributed by atoms with Gasteiger partial charge in [-0.25, -0.2) is 0 Å². The minimum Gasteiger partial charge on any atom is -0.384 e. The highest BCUT2D eigenvalue weighted by Crippen LogP contribution is 2.60. The van der Waals surface area contributed by atoms with Gasteiger partial charge in [0.1, 0.15) is 0 Å². The highest BCUT2D eigenvalue weighted by Gasteiger charge is 2.51. The van der Waals surface area contributed by atoms with Crippen molar-refractivity contribution in [3.8, 4) is 0 Å². The Kier molecular flexibility index (Phi) is 2.87. The van der Waals surface area contributed by atoms with Crippen LogP contribution in [0.3, 0.4) is 0 Å². The molecular weight excluding hydrogens is 184 g/mol. The fourth-order valence-electron chi connectivity index (χ4n) is 4.53. The van der Waals surface area contributed by atoms with Gasteiger partial charge in [0.2, 0.25) is 0 Å². The van der Waals surface area contributed by atoms with Gasteiger partial charge in [-0.2, -0.15) is 0 Å². The maximum absolute atomic E-state index is 5.34. The van der Waals surface area contributed by atoms with Crippen molar-refractivity contribution in [2.75, 3.05) is 13.7 Å². The number of hydrogen-bond acceptors (Lipinski definition) is 1. The molecule has 0 radical (unpaired) electrons. The van der Waals surface area contributed by atoms with Gasteiger partial charge in [0.15, 0.2) is 0 Å². The van der Waals surface area contributed by atoms with Gasteiger partial charge in [-0.3, -0.25) is 0 Å². The molecule has 15 heavy (non-hydrogen) atoms. The molecule has 0 amide bonds. The molecule has 2 saturated carbocycles. The van der Waals surface area contributed by atoms with Crippen molar-refractivity contribution in [1.29, 1.82) is 0 Å². The maximum Gasteiger partial charge on any atom is 0.0490 e. The Morgan fingerprint density at radius 3 is 2.53 bits per heavy atom. The monoisotopic (exact) mass is 210 g/mol. The number of rotatable bonds is 2. The highest BCUT2D eigenvalue weighted by molar-refractivity contribution is 5.01. The molecule has 0 bridgehead atoms. The molecule has 1 unspecified atom stereocenters. The molecule has 0 N–H and O–H groups in total. The van der Waals surface area contributed by atoms with Crippen LogP contribution in [0.2, 0.25) is 0 Å². The zero-order valence-corrected chi connectivity index (χ0v) is 10.8. The smallest absolute Gasteiger partial charge is 0.0490 e. The van der Waals surface area contributed by atoms with Crippen LogP contribution in [-0.4, -0.2) is 13.7 Å². The molecular formula is C14H26O. The molecule has 0 aliphatic heterocycles. The third-order valence-electron chi connectivity index (χ3n) is 5.08. The summed E-state index contributed by atoms with van der Waals surface area (Å²) in [5.74, 6) is 1.75. The van der Waals surface area contributed by atoms with Crippen molar-refractivity contribution < 1.29 is 4.74 Å². The summed E-state index contributed by atoms with van der Waals surface area (Å²) in [5.41, 5.74) is 1.18. The zero-order chi connectivity index (χ0) is 11.1. The van der Waals surface area contributed by atoms with E-state index in [1.807, 2.05) is 7.11 Å². The molecule has 0 spiro atoms. The third-order valence-corrected chi connectivity index (χ3v) is 5.08. The average Bonchev–Trinajstić information content (AvgIpc) is 2.43. The standard InChI is InChI=1S/C14H26O/c1-13(2)6-5-7-14(3)9-11(10-15-4)8-12(13)14/h11-12H,5-10H2,1-4H3/t11?,12-,14-/m0/s1. The second-order valence-corrected chi connectivity index (χ2v) is 6.81. The third kappa shape index (κ3) is 1.95. The van der Waals surface area contributed by atoms with Crippen molar-refractivity contribution in [2.24, 2.45) is 22.7 Å². The van der Waals surface area contributed by atoms with E-state index in [2.05, 4.69) is 20.8 Å². The Labute approximate surface area is 94.6 Å². The zero-order valence-electron chi connectivity index (χ0n) is 10.8. The molecule has 0 saturated heterocycles. The summed E-state index contributed by atoms with van der Waals surface area (Å²) in [6.07, 6.45) is 7.10. The molecule has 0 aromatic heterocycles. The van der Waals surface area contributed by atoms with Crippen LogP contribution in [0.1, 0.15) is 52.9 Å². The normalized spacial score (nSPS) is 44.0. The molecule has 0 aromatic carbocycles. The molecule has 2 fully saturated rings. The molecule has 88 valence electrons. The number of ether oxygens (including phenoxy) is 1. The lowest BCUT2D eigenvalue weighted by atomic mass is 9.58. The van der Waals surface area contributed by atoms with Gasteiger partial charge < -0.3 is 4.74 Å². The van der Waals surface area contributed by atoms with E-state index in [9.17, 15) is 0 Å². The van der Waals surface area contributed by atoms with Gasteiger partial charge in [0.05, 0.1) is 0 Å². The Morgan fingerprint density at radius 1 is 1.20 bits per heavy atom. The van der Waals surface area contributed by atoms with Crippen LogP contribution in [0, 0.1) is 22.7 Å². The number of methoxy groups -OCH3 is 1. The average molecular weight is 210 g/mol. The van der Waals surface area contributed by atoms with Gasteiger partial charge in [-0.15, -0.1) is 0 Å². The first kappa shape index (κ1) is 11.4. The van der Waals surface area contributed by atoms with E-state index < -0.39 is 0 Å². The number of hydrogen-bond donors (Lipinski definition) is 0. The van der Waals surface area contributed by atoms with Crippen LogP contribution in [-0.2, 0) is 4.74 Å². The second kappa shape index (κ2) is 3.76. The van der Waals surface area contributed by atoms with Crippen LogP contribution in [0.4, 0.5) is 0 Å². The lowest BCUT2D eigenvalue weighted by Gasteiger charge is -2.47. The van der Waals surface area contributed by atoms with Crippen molar-refractivity contribution >= 4 is 0 Å². The first-order chi connectivity index (χ1) is 6.98. The Hall–Kier alpha value is -0.0400. The van der Waals surface area contributed by atoms with E-state index >= 15 is 0 Å². The molecule has 1 nitrogen and oxygen atoms in total. The van der Waals surface area contributed by atoms with Crippen LogP contribution >= 0.6 is 0 Å². The SMILES string of the molecule is COCC1C[C@H]2C(C)(C)CCC[C@@]2(C)C1. The summed E-state index contributed by atoms with van der Waals surface area (Å²) in [7, 11) is 1.84. The Morgan fingerprint density at radius 2 is 1.93 bits per heavy atom. The van der Waals surface area contributed by atoms with Crippen molar-refractivity contribution in [2.45, 2.75) is 52.9 Å². The molecule has 1 heteroatoms. The summed E-state index contributed by atoms with van der Waals surface area (Å²) in [6, 6.07) is 0. The van der Waals surface area contributed by atoms with Crippen molar-refractivity contribution in [3.05, 3.63) is 0 Å². The van der Waals surface area contributed by atoms with E-state index in [4.69, 9.17) is 4.74 Å². The first-order valence-corrected chi connectivity index (χ1v) is 6.47. The highest BCUT2D eigenvalue weighted by atomic mass is 16.5. The molecule has 0 aromatic rings. The molecule has 2 aliphatic carbocycles. The van der Waals surface area contributed by atoms with Gasteiger partial charge >= 0.3 is 0 Å². The Balaban J connectivity index is 2.13. The van der Waals surface area contributed by atoms with Crippen molar-refractivity contribution in [1.82, 2.24) is 0 Å². The fourth-order valence-corrected chi connectivity index (χ4v) is 4.53. The van der Waals surface area contributed by atoms with E-state index in [-0.39, 0.29) is 0 Å². The summed E-state index contributed by atoms with van der Waals surface area (Å²) in [5, 5.41) is 0. The van der Waals surface area contributed by atoms with Crippen molar-refractivity contribution in [3.63, 3.8) is 0 Å². The van der Waals surface area contributed by atoms with E-state index in [1.54, 1.807) is 0 Å². The Bertz CT molecular complexity index is 233. The van der Waals surface area contributed by atoms with Crippen LogP contribution in [0.5, 0.6) is 0 Å². The predicted molar refractivity (Wildman–Crippen MR) is 63.8 cm³/mol. The lowest BCUT2D eigenvalue weighted by molar-refractivity contribution is 0.0286. The maximum atomic E-state index is 5.34. The lowest BCUT2D eigenvalue weighted by Crippen LogP contribution is -2.38. The van der Waals surface area contributed by atoms with Crippen LogP contribution in [0.15, 0.2) is 0 Å². The molecule has 2 rings (SSSR count). The van der Waals surface area contributed by atoms with E-state index in [0.29, 0.717) is 10.8 Å². The summed E-state index contributed by atoms with van der Waals surface area (Å²) >= 11 is 0. The fraction of sp³-hybridized carbons (Fsp3) is 1.00. The van der Waals surface area contributed by atoms with Crippen LogP contribution in [0.25, 0.3) is 0 Å². The first-order valence-electron chi connectivity index (χ1n) is 6.47. The topological polar surface area (TPSA) is 9.23 Å². The minimum absolute atomic E-state index is 0.565. The van der Waals surface area contributed by atoms with Gasteiger partial charge in [-0.1, -0.05) is 27.2 Å². The van der Waals surface area contributed by atoms with Gasteiger partial charge in [0.25, 0.3) is 0 Å². The molecule has 2 aliphatic rings. The van der Waals surface area contributed by atoms with E-state index in [1.165, 1.54) is 32.1 Å². The number of fused-ring (bicyclic) bond motifs is 1. The van der Waals surface area contributed by atoms with Crippen LogP contribution < -0.4 is 0 Å². The molecule has 3 atom stereocenters. The second-order valence-electron chi connectivity index (χ2n) is 6.81. The quantitative estimate of drug-likeness (QED) is 0.672.